The van der Waals surface area contributed by atoms with Crippen LogP contribution in [-0.2, 0) is 4.79 Å². The molecular weight excluding hydrogens is 334 g/mol. The van der Waals surface area contributed by atoms with Crippen LogP contribution in [0.5, 0.6) is 0 Å². The summed E-state index contributed by atoms with van der Waals surface area (Å²) in [6, 6.07) is 15.1. The van der Waals surface area contributed by atoms with Gasteiger partial charge in [0.25, 0.3) is 5.91 Å². The number of carbonyl (C=O) groups is 1. The maximum absolute atomic E-state index is 12.7. The van der Waals surface area contributed by atoms with Crippen LogP contribution in [0.25, 0.3) is 6.08 Å². The van der Waals surface area contributed by atoms with Crippen LogP contribution in [0.1, 0.15) is 11.1 Å². The number of nitrogens with zero attached hydrogens (tertiary/aromatic N) is 1. The van der Waals surface area contributed by atoms with Crippen LogP contribution in [0, 0.1) is 6.92 Å². The molecule has 2 aromatic carbocycles. The van der Waals surface area contributed by atoms with E-state index in [1.165, 1.54) is 11.8 Å². The number of para-hydroxylation sites is 1. The van der Waals surface area contributed by atoms with E-state index in [1.807, 2.05) is 49.4 Å². The molecule has 0 unspecified atom stereocenters. The number of amides is 1. The van der Waals surface area contributed by atoms with Crippen molar-refractivity contribution in [1.82, 2.24) is 0 Å². The Hall–Kier alpha value is -1.62. The van der Waals surface area contributed by atoms with Crippen LogP contribution < -0.4 is 4.90 Å². The molecule has 0 aliphatic carbocycles. The summed E-state index contributed by atoms with van der Waals surface area (Å²) in [5.41, 5.74) is 2.78. The number of carbonyl (C=O) groups excluding carboxylic acids is 1. The first-order valence-corrected chi connectivity index (χ1v) is 8.26. The van der Waals surface area contributed by atoms with E-state index in [4.69, 9.17) is 23.8 Å². The van der Waals surface area contributed by atoms with Gasteiger partial charge in [-0.3, -0.25) is 9.69 Å². The lowest BCUT2D eigenvalue weighted by atomic mass is 10.1. The van der Waals surface area contributed by atoms with Crippen molar-refractivity contribution in [1.29, 1.82) is 0 Å². The average molecular weight is 346 g/mol. The normalized spacial score (nSPS) is 16.6. The lowest BCUT2D eigenvalue weighted by Crippen LogP contribution is -2.28. The molecule has 1 heterocycles. The largest absolute Gasteiger partial charge is 0.270 e. The lowest BCUT2D eigenvalue weighted by Gasteiger charge is -2.16. The fraction of sp³-hybridized carbons (Fsp3) is 0.0588. The third-order valence-electron chi connectivity index (χ3n) is 3.32. The van der Waals surface area contributed by atoms with Crippen LogP contribution in [0.3, 0.4) is 0 Å². The molecule has 1 aliphatic heterocycles. The van der Waals surface area contributed by atoms with Gasteiger partial charge in [-0.1, -0.05) is 65.9 Å². The smallest absolute Gasteiger partial charge is 0.268 e. The molecule has 0 aromatic heterocycles. The van der Waals surface area contributed by atoms with E-state index in [1.54, 1.807) is 17.0 Å². The summed E-state index contributed by atoms with van der Waals surface area (Å²) in [6.07, 6.45) is 1.84. The fourth-order valence-electron chi connectivity index (χ4n) is 2.20. The number of benzene rings is 2. The molecule has 1 aliphatic rings. The SMILES string of the molecule is Cc1ccccc1N1C(=O)C(=Cc2ccc(Cl)cc2)SC1=S. The Bertz CT molecular complexity index is 784. The Morgan fingerprint density at radius 1 is 1.14 bits per heavy atom. The topological polar surface area (TPSA) is 20.3 Å². The van der Waals surface area contributed by atoms with Crippen molar-refractivity contribution in [2.75, 3.05) is 4.90 Å². The average Bonchev–Trinajstić information content (AvgIpc) is 2.77. The summed E-state index contributed by atoms with van der Waals surface area (Å²) in [7, 11) is 0. The molecule has 0 radical (unpaired) electrons. The highest BCUT2D eigenvalue weighted by atomic mass is 35.5. The molecule has 1 saturated heterocycles. The van der Waals surface area contributed by atoms with E-state index in [9.17, 15) is 4.79 Å². The zero-order valence-electron chi connectivity index (χ0n) is 11.7. The van der Waals surface area contributed by atoms with E-state index in [-0.39, 0.29) is 5.91 Å². The molecule has 110 valence electrons. The third-order valence-corrected chi connectivity index (χ3v) is 4.87. The second kappa shape index (κ2) is 6.24. The molecule has 0 bridgehead atoms. The fourth-order valence-corrected chi connectivity index (χ4v) is 3.61. The van der Waals surface area contributed by atoms with Crippen LogP contribution in [0.15, 0.2) is 53.4 Å². The highest BCUT2D eigenvalue weighted by Gasteiger charge is 2.33. The number of rotatable bonds is 2. The van der Waals surface area contributed by atoms with Gasteiger partial charge in [0.15, 0.2) is 4.32 Å². The molecule has 0 spiro atoms. The maximum atomic E-state index is 12.7. The van der Waals surface area contributed by atoms with Crippen LogP contribution >= 0.6 is 35.6 Å². The van der Waals surface area contributed by atoms with Crippen molar-refractivity contribution in [3.63, 3.8) is 0 Å². The van der Waals surface area contributed by atoms with Crippen molar-refractivity contribution < 1.29 is 4.79 Å². The van der Waals surface area contributed by atoms with Gasteiger partial charge in [0.2, 0.25) is 0 Å². The van der Waals surface area contributed by atoms with Gasteiger partial charge in [0, 0.05) is 5.02 Å². The first kappa shape index (κ1) is 15.3. The van der Waals surface area contributed by atoms with Crippen molar-refractivity contribution in [3.8, 4) is 0 Å². The Morgan fingerprint density at radius 2 is 1.82 bits per heavy atom. The van der Waals surface area contributed by atoms with Gasteiger partial charge in [0.1, 0.15) is 0 Å². The summed E-state index contributed by atoms with van der Waals surface area (Å²) in [4.78, 5) is 14.9. The van der Waals surface area contributed by atoms with E-state index in [0.29, 0.717) is 14.2 Å². The van der Waals surface area contributed by atoms with E-state index >= 15 is 0 Å². The zero-order chi connectivity index (χ0) is 15.7. The number of thioether (sulfide) groups is 1. The number of thiocarbonyl (C=S) groups is 1. The maximum Gasteiger partial charge on any atom is 0.270 e. The molecule has 0 atom stereocenters. The minimum atomic E-state index is -0.0840. The summed E-state index contributed by atoms with van der Waals surface area (Å²) in [6.45, 7) is 1.97. The second-order valence-corrected chi connectivity index (χ2v) is 6.97. The zero-order valence-corrected chi connectivity index (χ0v) is 14.1. The minimum Gasteiger partial charge on any atom is -0.268 e. The predicted octanol–water partition coefficient (Wildman–Crippen LogP) is 5.05. The molecule has 5 heteroatoms. The number of hydrogen-bond donors (Lipinski definition) is 0. The molecule has 22 heavy (non-hydrogen) atoms. The first-order chi connectivity index (χ1) is 10.6. The second-order valence-electron chi connectivity index (χ2n) is 4.86. The molecular formula is C17H12ClNOS2. The van der Waals surface area contributed by atoms with E-state index in [2.05, 4.69) is 0 Å². The summed E-state index contributed by atoms with van der Waals surface area (Å²) >= 11 is 12.6. The summed E-state index contributed by atoms with van der Waals surface area (Å²) in [5, 5.41) is 0.671. The van der Waals surface area contributed by atoms with E-state index in [0.717, 1.165) is 16.8 Å². The number of halogens is 1. The monoisotopic (exact) mass is 345 g/mol. The van der Waals surface area contributed by atoms with Gasteiger partial charge >= 0.3 is 0 Å². The third kappa shape index (κ3) is 2.95. The molecule has 2 nitrogen and oxygen atoms in total. The van der Waals surface area contributed by atoms with Crippen molar-refractivity contribution in [2.45, 2.75) is 6.92 Å². The van der Waals surface area contributed by atoms with Crippen LogP contribution in [-0.4, -0.2) is 10.2 Å². The van der Waals surface area contributed by atoms with Crippen molar-refractivity contribution in [2.24, 2.45) is 0 Å². The Balaban J connectivity index is 1.95. The quantitative estimate of drug-likeness (QED) is 0.561. The van der Waals surface area contributed by atoms with Gasteiger partial charge in [-0.15, -0.1) is 0 Å². The predicted molar refractivity (Wildman–Crippen MR) is 98.3 cm³/mol. The van der Waals surface area contributed by atoms with Gasteiger partial charge in [-0.05, 0) is 42.3 Å². The highest BCUT2D eigenvalue weighted by Crippen LogP contribution is 2.37. The lowest BCUT2D eigenvalue weighted by molar-refractivity contribution is -0.113. The molecule has 1 fully saturated rings. The van der Waals surface area contributed by atoms with Gasteiger partial charge in [-0.2, -0.15) is 0 Å². The van der Waals surface area contributed by atoms with Crippen LogP contribution in [0.4, 0.5) is 5.69 Å². The Labute approximate surface area is 143 Å². The molecule has 0 saturated carbocycles. The summed E-state index contributed by atoms with van der Waals surface area (Å²) < 4.78 is 0.555. The van der Waals surface area contributed by atoms with Crippen molar-refractivity contribution in [3.05, 3.63) is 69.6 Å². The number of hydrogen-bond acceptors (Lipinski definition) is 3. The highest BCUT2D eigenvalue weighted by molar-refractivity contribution is 8.27. The minimum absolute atomic E-state index is 0.0840. The van der Waals surface area contributed by atoms with Crippen LogP contribution in [0.2, 0.25) is 5.02 Å². The Morgan fingerprint density at radius 3 is 2.50 bits per heavy atom. The first-order valence-electron chi connectivity index (χ1n) is 6.65. The summed E-state index contributed by atoms with van der Waals surface area (Å²) in [5.74, 6) is -0.0840. The molecule has 0 N–H and O–H groups in total. The van der Waals surface area contributed by atoms with Gasteiger partial charge in [-0.25, -0.2) is 0 Å². The molecule has 2 aromatic rings. The number of anilines is 1. The molecule has 1 amide bonds. The van der Waals surface area contributed by atoms with Crippen molar-refractivity contribution >= 4 is 57.6 Å². The molecule has 3 rings (SSSR count). The van der Waals surface area contributed by atoms with Gasteiger partial charge < -0.3 is 0 Å². The van der Waals surface area contributed by atoms with E-state index < -0.39 is 0 Å². The Kier molecular flexibility index (Phi) is 4.34. The standard InChI is InChI=1S/C17H12ClNOS2/c1-11-4-2-3-5-14(11)19-16(20)15(22-17(19)21)10-12-6-8-13(18)9-7-12/h2-10H,1H3. The van der Waals surface area contributed by atoms with Gasteiger partial charge in [0.05, 0.1) is 10.6 Å². The number of aryl methyl sites for hydroxylation is 1.